The van der Waals surface area contributed by atoms with Crippen LogP contribution in [0, 0.1) is 0 Å². The Labute approximate surface area is 85.2 Å². The molecule has 1 aromatic carbocycles. The summed E-state index contributed by atoms with van der Waals surface area (Å²) in [6.07, 6.45) is 1.03. The number of benzene rings is 1. The second-order valence-electron chi connectivity index (χ2n) is 3.26. The van der Waals surface area contributed by atoms with E-state index < -0.39 is 0 Å². The van der Waals surface area contributed by atoms with E-state index in [2.05, 4.69) is 31.7 Å². The molecule has 1 rings (SSSR count). The monoisotopic (exact) mass is 194 g/mol. The molecule has 0 heterocycles. The first-order chi connectivity index (χ1) is 6.19. The number of aryl methyl sites for hydroxylation is 1. The van der Waals surface area contributed by atoms with Crippen LogP contribution in [0.5, 0.6) is 0 Å². The van der Waals surface area contributed by atoms with Gasteiger partial charge in [0.05, 0.1) is 0 Å². The van der Waals surface area contributed by atoms with E-state index in [1.54, 1.807) is 0 Å². The van der Waals surface area contributed by atoms with Gasteiger partial charge in [-0.05, 0) is 30.0 Å². The molecule has 0 aliphatic carbocycles. The summed E-state index contributed by atoms with van der Waals surface area (Å²) in [4.78, 5) is 0. The standard InChI is InChI=1S/C12H15Cl/c1-4-11-7-10(8-13)5-6-12(11)9(2)3/h5-7H,2,4,8H2,1,3H3. The van der Waals surface area contributed by atoms with Gasteiger partial charge in [-0.2, -0.15) is 0 Å². The van der Waals surface area contributed by atoms with Gasteiger partial charge in [-0.3, -0.25) is 0 Å². The minimum atomic E-state index is 0.587. The summed E-state index contributed by atoms with van der Waals surface area (Å²) in [5.41, 5.74) is 4.91. The van der Waals surface area contributed by atoms with Crippen molar-refractivity contribution in [3.8, 4) is 0 Å². The average molecular weight is 195 g/mol. The maximum absolute atomic E-state index is 5.77. The van der Waals surface area contributed by atoms with Gasteiger partial charge >= 0.3 is 0 Å². The van der Waals surface area contributed by atoms with E-state index in [1.165, 1.54) is 16.7 Å². The smallest absolute Gasteiger partial charge is 0.0474 e. The largest absolute Gasteiger partial charge is 0.122 e. The Kier molecular flexibility index (Phi) is 3.56. The van der Waals surface area contributed by atoms with Gasteiger partial charge in [0.15, 0.2) is 0 Å². The average Bonchev–Trinajstić information content (AvgIpc) is 2.16. The SMILES string of the molecule is C=C(C)c1ccc(CCl)cc1CC. The van der Waals surface area contributed by atoms with E-state index in [0.717, 1.165) is 12.0 Å². The molecule has 0 bridgehead atoms. The summed E-state index contributed by atoms with van der Waals surface area (Å²) in [6, 6.07) is 6.34. The maximum Gasteiger partial charge on any atom is 0.0474 e. The summed E-state index contributed by atoms with van der Waals surface area (Å²) >= 11 is 5.77. The summed E-state index contributed by atoms with van der Waals surface area (Å²) < 4.78 is 0. The third kappa shape index (κ3) is 2.35. The molecular formula is C12H15Cl. The van der Waals surface area contributed by atoms with Crippen LogP contribution in [-0.4, -0.2) is 0 Å². The van der Waals surface area contributed by atoms with Crippen LogP contribution in [0.4, 0.5) is 0 Å². The summed E-state index contributed by atoms with van der Waals surface area (Å²) in [7, 11) is 0. The molecule has 0 N–H and O–H groups in total. The van der Waals surface area contributed by atoms with Gasteiger partial charge in [0, 0.05) is 5.88 Å². The van der Waals surface area contributed by atoms with Gasteiger partial charge in [0.25, 0.3) is 0 Å². The molecule has 0 fully saturated rings. The number of hydrogen-bond donors (Lipinski definition) is 0. The first kappa shape index (κ1) is 10.3. The molecule has 0 amide bonds. The zero-order valence-electron chi connectivity index (χ0n) is 8.23. The van der Waals surface area contributed by atoms with E-state index in [-0.39, 0.29) is 0 Å². The molecule has 0 nitrogen and oxygen atoms in total. The van der Waals surface area contributed by atoms with Gasteiger partial charge in [-0.1, -0.05) is 37.3 Å². The lowest BCUT2D eigenvalue weighted by atomic mass is 9.98. The van der Waals surface area contributed by atoms with Crippen LogP contribution < -0.4 is 0 Å². The maximum atomic E-state index is 5.77. The lowest BCUT2D eigenvalue weighted by Crippen LogP contribution is -1.91. The van der Waals surface area contributed by atoms with Gasteiger partial charge < -0.3 is 0 Å². The Hall–Kier alpha value is -0.750. The molecular weight excluding hydrogens is 180 g/mol. The zero-order valence-corrected chi connectivity index (χ0v) is 8.99. The van der Waals surface area contributed by atoms with Crippen molar-refractivity contribution in [3.63, 3.8) is 0 Å². The van der Waals surface area contributed by atoms with E-state index >= 15 is 0 Å². The Morgan fingerprint density at radius 1 is 1.46 bits per heavy atom. The van der Waals surface area contributed by atoms with Gasteiger partial charge in [0.1, 0.15) is 0 Å². The van der Waals surface area contributed by atoms with Crippen LogP contribution in [0.15, 0.2) is 24.8 Å². The van der Waals surface area contributed by atoms with Crippen molar-refractivity contribution in [1.82, 2.24) is 0 Å². The number of hydrogen-bond acceptors (Lipinski definition) is 0. The highest BCUT2D eigenvalue weighted by atomic mass is 35.5. The fourth-order valence-electron chi connectivity index (χ4n) is 1.44. The number of halogens is 1. The molecule has 0 saturated carbocycles. The van der Waals surface area contributed by atoms with Crippen molar-refractivity contribution in [2.75, 3.05) is 0 Å². The summed E-state index contributed by atoms with van der Waals surface area (Å²) in [6.45, 7) is 8.15. The molecule has 1 heteroatoms. The van der Waals surface area contributed by atoms with Crippen molar-refractivity contribution in [2.45, 2.75) is 26.1 Å². The van der Waals surface area contributed by atoms with Crippen molar-refractivity contribution in [2.24, 2.45) is 0 Å². The van der Waals surface area contributed by atoms with Crippen LogP contribution >= 0.6 is 11.6 Å². The second-order valence-corrected chi connectivity index (χ2v) is 3.53. The Balaban J connectivity index is 3.15. The molecule has 0 spiro atoms. The highest BCUT2D eigenvalue weighted by Crippen LogP contribution is 2.20. The second kappa shape index (κ2) is 4.48. The molecule has 0 saturated heterocycles. The molecule has 0 atom stereocenters. The Bertz CT molecular complexity index is 313. The van der Waals surface area contributed by atoms with Gasteiger partial charge in [-0.15, -0.1) is 11.6 Å². The molecule has 0 radical (unpaired) electrons. The predicted octanol–water partition coefficient (Wildman–Crippen LogP) is 4.02. The van der Waals surface area contributed by atoms with Gasteiger partial charge in [0.2, 0.25) is 0 Å². The van der Waals surface area contributed by atoms with E-state index in [1.807, 2.05) is 6.92 Å². The fraction of sp³-hybridized carbons (Fsp3) is 0.333. The van der Waals surface area contributed by atoms with Crippen LogP contribution in [0.3, 0.4) is 0 Å². The van der Waals surface area contributed by atoms with E-state index in [4.69, 9.17) is 11.6 Å². The lowest BCUT2D eigenvalue weighted by molar-refractivity contribution is 1.12. The van der Waals surface area contributed by atoms with E-state index in [9.17, 15) is 0 Å². The molecule has 70 valence electrons. The molecule has 13 heavy (non-hydrogen) atoms. The number of allylic oxidation sites excluding steroid dienone is 1. The lowest BCUT2D eigenvalue weighted by Gasteiger charge is -2.08. The number of alkyl halides is 1. The van der Waals surface area contributed by atoms with Crippen LogP contribution in [-0.2, 0) is 12.3 Å². The number of rotatable bonds is 3. The first-order valence-electron chi connectivity index (χ1n) is 4.52. The molecule has 0 aliphatic rings. The minimum Gasteiger partial charge on any atom is -0.122 e. The highest BCUT2D eigenvalue weighted by molar-refractivity contribution is 6.17. The topological polar surface area (TPSA) is 0 Å². The third-order valence-electron chi connectivity index (χ3n) is 2.16. The highest BCUT2D eigenvalue weighted by Gasteiger charge is 2.02. The molecule has 0 aliphatic heterocycles. The minimum absolute atomic E-state index is 0.587. The Morgan fingerprint density at radius 2 is 2.15 bits per heavy atom. The van der Waals surface area contributed by atoms with Crippen molar-refractivity contribution >= 4 is 17.2 Å². The Morgan fingerprint density at radius 3 is 2.62 bits per heavy atom. The first-order valence-corrected chi connectivity index (χ1v) is 5.06. The predicted molar refractivity (Wildman–Crippen MR) is 60.1 cm³/mol. The molecule has 0 unspecified atom stereocenters. The van der Waals surface area contributed by atoms with Crippen LogP contribution in [0.1, 0.15) is 30.5 Å². The zero-order chi connectivity index (χ0) is 9.84. The van der Waals surface area contributed by atoms with Gasteiger partial charge in [-0.25, -0.2) is 0 Å². The van der Waals surface area contributed by atoms with Crippen molar-refractivity contribution in [3.05, 3.63) is 41.5 Å². The van der Waals surface area contributed by atoms with Crippen LogP contribution in [0.25, 0.3) is 5.57 Å². The van der Waals surface area contributed by atoms with Crippen molar-refractivity contribution < 1.29 is 0 Å². The molecule has 1 aromatic rings. The quantitative estimate of drug-likeness (QED) is 0.638. The fourth-order valence-corrected chi connectivity index (χ4v) is 1.61. The normalized spacial score (nSPS) is 10.1. The molecule has 0 aromatic heterocycles. The van der Waals surface area contributed by atoms with Crippen molar-refractivity contribution in [1.29, 1.82) is 0 Å². The summed E-state index contributed by atoms with van der Waals surface area (Å²) in [5, 5.41) is 0. The summed E-state index contributed by atoms with van der Waals surface area (Å²) in [5.74, 6) is 0.587. The van der Waals surface area contributed by atoms with E-state index in [0.29, 0.717) is 5.88 Å². The third-order valence-corrected chi connectivity index (χ3v) is 2.47. The van der Waals surface area contributed by atoms with Crippen LogP contribution in [0.2, 0.25) is 0 Å².